The lowest BCUT2D eigenvalue weighted by Gasteiger charge is -2.26. The van der Waals surface area contributed by atoms with Gasteiger partial charge in [0, 0.05) is 18.2 Å². The molecule has 29 heavy (non-hydrogen) atoms. The third-order valence-corrected chi connectivity index (χ3v) is 5.16. The number of hydrogen-bond donors (Lipinski definition) is 2. The van der Waals surface area contributed by atoms with Gasteiger partial charge in [-0.2, -0.15) is 13.2 Å². The number of hydrogen-bond acceptors (Lipinski definition) is 3. The number of imidazole rings is 1. The first-order valence-electron chi connectivity index (χ1n) is 9.51. The number of fused-ring (bicyclic) bond motifs is 1. The van der Waals surface area contributed by atoms with Crippen molar-refractivity contribution >= 4 is 22.9 Å². The van der Waals surface area contributed by atoms with Gasteiger partial charge < -0.3 is 9.88 Å². The lowest BCUT2D eigenvalue weighted by molar-refractivity contribution is -0.137. The van der Waals surface area contributed by atoms with Crippen LogP contribution in [-0.2, 0) is 6.18 Å². The number of alkyl halides is 3. The van der Waals surface area contributed by atoms with Gasteiger partial charge in [0.05, 0.1) is 16.6 Å². The summed E-state index contributed by atoms with van der Waals surface area (Å²) in [6, 6.07) is 10.4. The van der Waals surface area contributed by atoms with Crippen LogP contribution >= 0.6 is 0 Å². The number of carbonyl (C=O) groups is 1. The molecule has 0 bridgehead atoms. The Labute approximate surface area is 165 Å². The van der Waals surface area contributed by atoms with Crippen LogP contribution in [0.15, 0.2) is 42.5 Å². The van der Waals surface area contributed by atoms with Crippen molar-refractivity contribution in [1.82, 2.24) is 14.9 Å². The number of benzene rings is 2. The predicted molar refractivity (Wildman–Crippen MR) is 105 cm³/mol. The highest BCUT2D eigenvalue weighted by atomic mass is 19.4. The number of nitrogens with zero attached hydrogens (tertiary/aromatic N) is 2. The fraction of sp³-hybridized carbons (Fsp3) is 0.333. The van der Waals surface area contributed by atoms with Gasteiger partial charge in [-0.15, -0.1) is 0 Å². The Balaban J connectivity index is 1.71. The summed E-state index contributed by atoms with van der Waals surface area (Å²) in [5.74, 6) is -0.269. The number of rotatable bonds is 3. The van der Waals surface area contributed by atoms with E-state index >= 15 is 0 Å². The fourth-order valence-electron chi connectivity index (χ4n) is 3.73. The van der Waals surface area contributed by atoms with Gasteiger partial charge in [0.2, 0.25) is 5.95 Å². The second kappa shape index (κ2) is 7.51. The summed E-state index contributed by atoms with van der Waals surface area (Å²) >= 11 is 0. The van der Waals surface area contributed by atoms with Crippen molar-refractivity contribution < 1.29 is 18.0 Å². The highest BCUT2D eigenvalue weighted by Gasteiger charge is 2.31. The van der Waals surface area contributed by atoms with E-state index in [0.29, 0.717) is 5.95 Å². The van der Waals surface area contributed by atoms with E-state index in [4.69, 9.17) is 0 Å². The molecule has 1 fully saturated rings. The molecule has 8 heteroatoms. The summed E-state index contributed by atoms with van der Waals surface area (Å²) in [7, 11) is 0. The molecule has 1 aliphatic rings. The van der Waals surface area contributed by atoms with E-state index in [1.165, 1.54) is 12.1 Å². The smallest absolute Gasteiger partial charge is 0.315 e. The largest absolute Gasteiger partial charge is 0.416 e. The molecule has 1 aromatic heterocycles. The topological polar surface area (TPSA) is 59.0 Å². The lowest BCUT2D eigenvalue weighted by Crippen LogP contribution is -2.32. The molecule has 0 saturated carbocycles. The summed E-state index contributed by atoms with van der Waals surface area (Å²) < 4.78 is 40.9. The van der Waals surface area contributed by atoms with Crippen molar-refractivity contribution in [1.29, 1.82) is 0 Å². The van der Waals surface area contributed by atoms with E-state index in [-0.39, 0.29) is 11.6 Å². The van der Waals surface area contributed by atoms with Crippen LogP contribution < -0.4 is 10.6 Å². The molecule has 1 amide bonds. The Morgan fingerprint density at radius 2 is 2.07 bits per heavy atom. The van der Waals surface area contributed by atoms with Gasteiger partial charge in [-0.1, -0.05) is 12.1 Å². The molecule has 0 spiro atoms. The highest BCUT2D eigenvalue weighted by Crippen LogP contribution is 2.31. The second-order valence-corrected chi connectivity index (χ2v) is 7.33. The summed E-state index contributed by atoms with van der Waals surface area (Å²) in [6.45, 7) is 3.64. The van der Waals surface area contributed by atoms with Crippen molar-refractivity contribution in [3.05, 3.63) is 59.2 Å². The number of nitrogens with one attached hydrogen (secondary N) is 2. The van der Waals surface area contributed by atoms with Crippen LogP contribution in [0.5, 0.6) is 0 Å². The Hall–Kier alpha value is -2.87. The summed E-state index contributed by atoms with van der Waals surface area (Å²) in [4.78, 5) is 17.3. The number of piperidine rings is 1. The van der Waals surface area contributed by atoms with E-state index in [1.54, 1.807) is 0 Å². The van der Waals surface area contributed by atoms with Crippen molar-refractivity contribution in [2.45, 2.75) is 32.0 Å². The van der Waals surface area contributed by atoms with Crippen LogP contribution in [0, 0.1) is 6.92 Å². The zero-order chi connectivity index (χ0) is 20.6. The van der Waals surface area contributed by atoms with Crippen LogP contribution in [0.1, 0.15) is 40.4 Å². The SMILES string of the molecule is Cc1ccc2c(c1)nc(NC(=O)c1cccc(C(F)(F)F)c1)n2[C@H]1CCCNC1. The number of aryl methyl sites for hydroxylation is 1. The van der Waals surface area contributed by atoms with Crippen LogP contribution in [0.2, 0.25) is 0 Å². The molecule has 4 rings (SSSR count). The van der Waals surface area contributed by atoms with Crippen molar-refractivity contribution in [2.24, 2.45) is 0 Å². The van der Waals surface area contributed by atoms with Gasteiger partial charge in [0.1, 0.15) is 0 Å². The molecule has 2 heterocycles. The van der Waals surface area contributed by atoms with Gasteiger partial charge in [-0.3, -0.25) is 10.1 Å². The number of halogens is 3. The lowest BCUT2D eigenvalue weighted by atomic mass is 10.1. The van der Waals surface area contributed by atoms with E-state index in [2.05, 4.69) is 15.6 Å². The fourth-order valence-corrected chi connectivity index (χ4v) is 3.73. The highest BCUT2D eigenvalue weighted by molar-refractivity contribution is 6.04. The second-order valence-electron chi connectivity index (χ2n) is 7.33. The van der Waals surface area contributed by atoms with Gasteiger partial charge in [0.15, 0.2) is 0 Å². The molecule has 2 N–H and O–H groups in total. The summed E-state index contributed by atoms with van der Waals surface area (Å²) in [6.07, 6.45) is -2.58. The van der Waals surface area contributed by atoms with E-state index in [0.717, 1.165) is 54.7 Å². The van der Waals surface area contributed by atoms with Crippen molar-refractivity contribution in [3.8, 4) is 0 Å². The Morgan fingerprint density at radius 3 is 2.79 bits per heavy atom. The monoisotopic (exact) mass is 402 g/mol. The van der Waals surface area contributed by atoms with Crippen LogP contribution in [0.4, 0.5) is 19.1 Å². The minimum Gasteiger partial charge on any atom is -0.315 e. The quantitative estimate of drug-likeness (QED) is 0.676. The standard InChI is InChI=1S/C21H21F3N4O/c1-13-7-8-18-17(10-13)26-20(28(18)16-6-3-9-25-12-16)27-19(29)14-4-2-5-15(11-14)21(22,23)24/h2,4-5,7-8,10-11,16,25H,3,6,9,12H2,1H3,(H,26,27,29)/t16-/m0/s1. The molecule has 1 saturated heterocycles. The maximum atomic E-state index is 13.0. The van der Waals surface area contributed by atoms with E-state index in [1.807, 2.05) is 29.7 Å². The Kier molecular flexibility index (Phi) is 5.04. The van der Waals surface area contributed by atoms with E-state index in [9.17, 15) is 18.0 Å². The Morgan fingerprint density at radius 1 is 1.24 bits per heavy atom. The number of anilines is 1. The maximum Gasteiger partial charge on any atom is 0.416 e. The van der Waals surface area contributed by atoms with Crippen LogP contribution in [0.25, 0.3) is 11.0 Å². The number of amides is 1. The molecule has 5 nitrogen and oxygen atoms in total. The molecule has 1 aliphatic heterocycles. The van der Waals surface area contributed by atoms with Gasteiger partial charge in [0.25, 0.3) is 5.91 Å². The maximum absolute atomic E-state index is 13.0. The molecule has 3 aromatic rings. The average Bonchev–Trinajstić information content (AvgIpc) is 3.04. The number of carbonyl (C=O) groups excluding carboxylic acids is 1. The summed E-state index contributed by atoms with van der Waals surface area (Å²) in [5, 5.41) is 6.08. The first-order chi connectivity index (χ1) is 13.8. The van der Waals surface area contributed by atoms with E-state index < -0.39 is 17.6 Å². The van der Waals surface area contributed by atoms with Crippen molar-refractivity contribution in [3.63, 3.8) is 0 Å². The molecule has 0 aliphatic carbocycles. The molecular formula is C21H21F3N4O. The zero-order valence-electron chi connectivity index (χ0n) is 15.9. The average molecular weight is 402 g/mol. The number of aromatic nitrogens is 2. The molecule has 0 radical (unpaired) electrons. The molecule has 2 aromatic carbocycles. The molecule has 1 atom stereocenters. The van der Waals surface area contributed by atoms with Crippen LogP contribution in [0.3, 0.4) is 0 Å². The van der Waals surface area contributed by atoms with Gasteiger partial charge >= 0.3 is 6.18 Å². The predicted octanol–water partition coefficient (Wildman–Crippen LogP) is 4.54. The third kappa shape index (κ3) is 3.98. The van der Waals surface area contributed by atoms with Gasteiger partial charge in [-0.25, -0.2) is 4.98 Å². The Bertz CT molecular complexity index is 1050. The minimum absolute atomic E-state index is 0.0589. The van der Waals surface area contributed by atoms with Crippen LogP contribution in [-0.4, -0.2) is 28.5 Å². The summed E-state index contributed by atoms with van der Waals surface area (Å²) in [5.41, 5.74) is 1.76. The zero-order valence-corrected chi connectivity index (χ0v) is 15.9. The first kappa shape index (κ1) is 19.4. The first-order valence-corrected chi connectivity index (χ1v) is 9.51. The molecule has 152 valence electrons. The molecular weight excluding hydrogens is 381 g/mol. The molecule has 0 unspecified atom stereocenters. The normalized spacial score (nSPS) is 17.4. The third-order valence-electron chi connectivity index (χ3n) is 5.16. The minimum atomic E-state index is -4.51. The van der Waals surface area contributed by atoms with Gasteiger partial charge in [-0.05, 0) is 62.2 Å². The van der Waals surface area contributed by atoms with Crippen molar-refractivity contribution in [2.75, 3.05) is 18.4 Å².